The summed E-state index contributed by atoms with van der Waals surface area (Å²) in [5.74, 6) is 0.509. The van der Waals surface area contributed by atoms with Crippen LogP contribution in [0.3, 0.4) is 0 Å². The number of hydrogen-bond donors (Lipinski definition) is 0. The van der Waals surface area contributed by atoms with Gasteiger partial charge in [0.25, 0.3) is 0 Å². The van der Waals surface area contributed by atoms with E-state index in [0.29, 0.717) is 37.1 Å². The van der Waals surface area contributed by atoms with Gasteiger partial charge in [-0.2, -0.15) is 4.31 Å². The van der Waals surface area contributed by atoms with Crippen LogP contribution in [-0.2, 0) is 26.0 Å². The van der Waals surface area contributed by atoms with Crippen molar-refractivity contribution in [1.29, 1.82) is 0 Å². The molecule has 3 rings (SSSR count). The minimum Gasteiger partial charge on any atom is -0.379 e. The summed E-state index contributed by atoms with van der Waals surface area (Å²) in [6.45, 7) is 9.08. The van der Waals surface area contributed by atoms with Crippen LogP contribution in [0.4, 0.5) is 0 Å². The van der Waals surface area contributed by atoms with E-state index < -0.39 is 10.0 Å². The fourth-order valence-electron chi connectivity index (χ4n) is 4.07. The Bertz CT molecular complexity index is 704. The van der Waals surface area contributed by atoms with Crippen molar-refractivity contribution in [2.45, 2.75) is 43.7 Å². The topological polar surface area (TPSA) is 59.1 Å². The standard InChI is InChI=1S/C20H32N2O4S/c1-17(2)20(25-3)8-10-21(11-9-20)16-18-4-6-19(7-5-18)27(23,24)22-12-14-26-15-13-22/h4-7,17H,8-16H2,1-3H3. The highest BCUT2D eigenvalue weighted by Gasteiger charge is 2.37. The van der Waals surface area contributed by atoms with Crippen LogP contribution in [0.25, 0.3) is 0 Å². The fourth-order valence-corrected chi connectivity index (χ4v) is 5.48. The Labute approximate surface area is 163 Å². The Kier molecular flexibility index (Phi) is 6.58. The molecule has 0 amide bonds. The van der Waals surface area contributed by atoms with Crippen molar-refractivity contribution >= 4 is 10.0 Å². The molecule has 0 saturated carbocycles. The number of piperidine rings is 1. The number of sulfonamides is 1. The van der Waals surface area contributed by atoms with Crippen molar-refractivity contribution < 1.29 is 17.9 Å². The molecule has 0 unspecified atom stereocenters. The molecule has 0 aromatic heterocycles. The van der Waals surface area contributed by atoms with Gasteiger partial charge in [-0.25, -0.2) is 8.42 Å². The number of methoxy groups -OCH3 is 1. The zero-order valence-corrected chi connectivity index (χ0v) is 17.5. The third-order valence-corrected chi connectivity index (χ3v) is 8.01. The normalized spacial score (nSPS) is 22.2. The van der Waals surface area contributed by atoms with E-state index in [1.807, 2.05) is 19.2 Å². The molecule has 0 atom stereocenters. The molecule has 2 aliphatic heterocycles. The molecule has 6 nitrogen and oxygen atoms in total. The third-order valence-electron chi connectivity index (χ3n) is 6.10. The lowest BCUT2D eigenvalue weighted by molar-refractivity contribution is -0.0896. The van der Waals surface area contributed by atoms with Gasteiger partial charge in [-0.1, -0.05) is 26.0 Å². The van der Waals surface area contributed by atoms with Crippen LogP contribution < -0.4 is 0 Å². The Morgan fingerprint density at radius 1 is 1.07 bits per heavy atom. The molecule has 7 heteroatoms. The summed E-state index contributed by atoms with van der Waals surface area (Å²) in [5.41, 5.74) is 1.14. The maximum absolute atomic E-state index is 12.7. The maximum atomic E-state index is 12.7. The molecule has 0 radical (unpaired) electrons. The summed E-state index contributed by atoms with van der Waals surface area (Å²) in [6.07, 6.45) is 2.06. The Hall–Kier alpha value is -0.990. The van der Waals surface area contributed by atoms with E-state index in [0.717, 1.165) is 38.0 Å². The largest absolute Gasteiger partial charge is 0.379 e. The van der Waals surface area contributed by atoms with E-state index >= 15 is 0 Å². The average molecular weight is 397 g/mol. The zero-order chi connectivity index (χ0) is 19.5. The first-order valence-corrected chi connectivity index (χ1v) is 11.3. The first-order chi connectivity index (χ1) is 12.9. The molecule has 0 N–H and O–H groups in total. The summed E-state index contributed by atoms with van der Waals surface area (Å²) in [4.78, 5) is 2.79. The highest BCUT2D eigenvalue weighted by Crippen LogP contribution is 2.33. The van der Waals surface area contributed by atoms with Gasteiger partial charge in [0.15, 0.2) is 0 Å². The molecule has 2 aliphatic rings. The number of benzene rings is 1. The molecule has 1 aromatic rings. The number of ether oxygens (including phenoxy) is 2. The second kappa shape index (κ2) is 8.57. The van der Waals surface area contributed by atoms with Gasteiger partial charge in [0, 0.05) is 39.8 Å². The van der Waals surface area contributed by atoms with Crippen LogP contribution in [-0.4, -0.2) is 69.7 Å². The smallest absolute Gasteiger partial charge is 0.243 e. The molecule has 2 heterocycles. The number of rotatable bonds is 6. The van der Waals surface area contributed by atoms with Crippen molar-refractivity contribution in [3.8, 4) is 0 Å². The molecule has 152 valence electrons. The number of likely N-dealkylation sites (tertiary alicyclic amines) is 1. The lowest BCUT2D eigenvalue weighted by Gasteiger charge is -2.43. The van der Waals surface area contributed by atoms with E-state index in [9.17, 15) is 8.42 Å². The van der Waals surface area contributed by atoms with E-state index in [1.165, 1.54) is 4.31 Å². The van der Waals surface area contributed by atoms with Crippen molar-refractivity contribution in [2.75, 3.05) is 46.5 Å². The van der Waals surface area contributed by atoms with E-state index in [-0.39, 0.29) is 5.60 Å². The fraction of sp³-hybridized carbons (Fsp3) is 0.700. The van der Waals surface area contributed by atoms with Gasteiger partial charge in [-0.05, 0) is 36.5 Å². The summed E-state index contributed by atoms with van der Waals surface area (Å²) in [7, 11) is -1.59. The van der Waals surface area contributed by atoms with Crippen LogP contribution in [0, 0.1) is 5.92 Å². The number of hydrogen-bond acceptors (Lipinski definition) is 5. The Balaban J connectivity index is 1.60. The van der Waals surface area contributed by atoms with Gasteiger partial charge in [-0.3, -0.25) is 4.90 Å². The van der Waals surface area contributed by atoms with Crippen LogP contribution >= 0.6 is 0 Å². The molecular weight excluding hydrogens is 364 g/mol. The first kappa shape index (κ1) is 20.7. The van der Waals surface area contributed by atoms with Gasteiger partial charge in [-0.15, -0.1) is 0 Å². The van der Waals surface area contributed by atoms with Crippen LogP contribution in [0.15, 0.2) is 29.2 Å². The summed E-state index contributed by atoms with van der Waals surface area (Å²) >= 11 is 0. The van der Waals surface area contributed by atoms with Crippen molar-refractivity contribution in [2.24, 2.45) is 5.92 Å². The maximum Gasteiger partial charge on any atom is 0.243 e. The van der Waals surface area contributed by atoms with Crippen molar-refractivity contribution in [3.63, 3.8) is 0 Å². The van der Waals surface area contributed by atoms with Gasteiger partial charge >= 0.3 is 0 Å². The predicted octanol–water partition coefficient (Wildman–Crippen LogP) is 2.34. The monoisotopic (exact) mass is 396 g/mol. The van der Waals surface area contributed by atoms with Crippen LogP contribution in [0.2, 0.25) is 0 Å². The minimum absolute atomic E-state index is 0.00735. The first-order valence-electron chi connectivity index (χ1n) is 9.82. The third kappa shape index (κ3) is 4.54. The minimum atomic E-state index is -3.42. The summed E-state index contributed by atoms with van der Waals surface area (Å²) in [6, 6.07) is 7.34. The number of nitrogens with zero attached hydrogens (tertiary/aromatic N) is 2. The van der Waals surface area contributed by atoms with E-state index in [1.54, 1.807) is 12.1 Å². The Morgan fingerprint density at radius 2 is 1.67 bits per heavy atom. The molecule has 2 fully saturated rings. The summed E-state index contributed by atoms with van der Waals surface area (Å²) < 4.78 is 38.0. The number of morpholine rings is 1. The molecule has 27 heavy (non-hydrogen) atoms. The highest BCUT2D eigenvalue weighted by molar-refractivity contribution is 7.89. The molecule has 0 aliphatic carbocycles. The SMILES string of the molecule is COC1(C(C)C)CCN(Cc2ccc(S(=O)(=O)N3CCOCC3)cc2)CC1. The Morgan fingerprint density at radius 3 is 2.19 bits per heavy atom. The zero-order valence-electron chi connectivity index (χ0n) is 16.7. The van der Waals surface area contributed by atoms with E-state index in [2.05, 4.69) is 18.7 Å². The van der Waals surface area contributed by atoms with Gasteiger partial charge in [0.1, 0.15) is 0 Å². The predicted molar refractivity (Wildman–Crippen MR) is 105 cm³/mol. The lowest BCUT2D eigenvalue weighted by Crippen LogP contribution is -2.48. The van der Waals surface area contributed by atoms with Crippen molar-refractivity contribution in [3.05, 3.63) is 29.8 Å². The van der Waals surface area contributed by atoms with Crippen molar-refractivity contribution in [1.82, 2.24) is 9.21 Å². The average Bonchev–Trinajstić information content (AvgIpc) is 2.69. The molecule has 0 spiro atoms. The lowest BCUT2D eigenvalue weighted by atomic mass is 9.81. The van der Waals surface area contributed by atoms with Gasteiger partial charge in [0.05, 0.1) is 23.7 Å². The van der Waals surface area contributed by atoms with Crippen LogP contribution in [0.5, 0.6) is 0 Å². The van der Waals surface area contributed by atoms with Gasteiger partial charge < -0.3 is 9.47 Å². The second-order valence-corrected chi connectivity index (χ2v) is 9.80. The summed E-state index contributed by atoms with van der Waals surface area (Å²) in [5, 5.41) is 0. The molecule has 0 bridgehead atoms. The molecule has 1 aromatic carbocycles. The quantitative estimate of drug-likeness (QED) is 0.739. The molecule has 2 saturated heterocycles. The molecular formula is C20H32N2O4S. The van der Waals surface area contributed by atoms with Crippen LogP contribution in [0.1, 0.15) is 32.3 Å². The van der Waals surface area contributed by atoms with Gasteiger partial charge in [0.2, 0.25) is 10.0 Å². The highest BCUT2D eigenvalue weighted by atomic mass is 32.2. The van der Waals surface area contributed by atoms with E-state index in [4.69, 9.17) is 9.47 Å². The second-order valence-electron chi connectivity index (χ2n) is 7.86.